The van der Waals surface area contributed by atoms with Crippen LogP contribution in [-0.2, 0) is 9.53 Å². The maximum absolute atomic E-state index is 12.1. The molecule has 0 radical (unpaired) electrons. The maximum Gasteiger partial charge on any atom is 0.332 e. The van der Waals surface area contributed by atoms with Crippen molar-refractivity contribution in [2.75, 3.05) is 19.5 Å². The standard InChI is InChI=1S/C16H16BrNO3/c1-20-14-8-4-7-13(10-14)18-15(16(19)21-2)11-5-3-6-12(17)9-11/h3-10,15,18H,1-2H3. The van der Waals surface area contributed by atoms with Crippen LogP contribution in [0.25, 0.3) is 0 Å². The minimum absolute atomic E-state index is 0.351. The smallest absolute Gasteiger partial charge is 0.332 e. The third kappa shape index (κ3) is 3.98. The summed E-state index contributed by atoms with van der Waals surface area (Å²) in [5.74, 6) is 0.369. The zero-order chi connectivity index (χ0) is 15.2. The predicted molar refractivity (Wildman–Crippen MR) is 85.5 cm³/mol. The first-order valence-electron chi connectivity index (χ1n) is 6.38. The van der Waals surface area contributed by atoms with Crippen molar-refractivity contribution in [3.05, 3.63) is 58.6 Å². The SMILES string of the molecule is COC(=O)C(Nc1cccc(OC)c1)c1cccc(Br)c1. The largest absolute Gasteiger partial charge is 0.497 e. The summed E-state index contributed by atoms with van der Waals surface area (Å²) in [6, 6.07) is 14.4. The number of halogens is 1. The van der Waals surface area contributed by atoms with Crippen molar-refractivity contribution in [2.45, 2.75) is 6.04 Å². The molecule has 1 atom stereocenters. The van der Waals surface area contributed by atoms with Gasteiger partial charge in [0, 0.05) is 16.2 Å². The molecule has 0 fully saturated rings. The molecule has 0 aromatic heterocycles. The van der Waals surface area contributed by atoms with Gasteiger partial charge in [0.2, 0.25) is 0 Å². The summed E-state index contributed by atoms with van der Waals surface area (Å²) in [7, 11) is 2.98. The molecule has 5 heteroatoms. The quantitative estimate of drug-likeness (QED) is 0.834. The second kappa shape index (κ2) is 7.13. The van der Waals surface area contributed by atoms with Crippen molar-refractivity contribution in [3.63, 3.8) is 0 Å². The second-order valence-electron chi connectivity index (χ2n) is 4.39. The minimum atomic E-state index is -0.584. The van der Waals surface area contributed by atoms with Gasteiger partial charge in [0.25, 0.3) is 0 Å². The molecular formula is C16H16BrNO3. The summed E-state index contributed by atoms with van der Waals surface area (Å²) < 4.78 is 11.0. The lowest BCUT2D eigenvalue weighted by Gasteiger charge is -2.18. The number of rotatable bonds is 5. The molecule has 2 aromatic carbocycles. The van der Waals surface area contributed by atoms with Crippen molar-refractivity contribution >= 4 is 27.6 Å². The van der Waals surface area contributed by atoms with Gasteiger partial charge in [-0.1, -0.05) is 34.1 Å². The second-order valence-corrected chi connectivity index (χ2v) is 5.30. The number of carbonyl (C=O) groups excluding carboxylic acids is 1. The monoisotopic (exact) mass is 349 g/mol. The zero-order valence-electron chi connectivity index (χ0n) is 11.8. The fourth-order valence-corrected chi connectivity index (χ4v) is 2.38. The first-order chi connectivity index (χ1) is 10.1. The van der Waals surface area contributed by atoms with E-state index in [1.165, 1.54) is 7.11 Å². The van der Waals surface area contributed by atoms with Crippen molar-refractivity contribution < 1.29 is 14.3 Å². The van der Waals surface area contributed by atoms with Crippen LogP contribution in [0.1, 0.15) is 11.6 Å². The molecule has 0 heterocycles. The van der Waals surface area contributed by atoms with E-state index < -0.39 is 6.04 Å². The van der Waals surface area contributed by atoms with E-state index in [9.17, 15) is 4.79 Å². The van der Waals surface area contributed by atoms with Gasteiger partial charge in [-0.25, -0.2) is 4.79 Å². The topological polar surface area (TPSA) is 47.6 Å². The van der Waals surface area contributed by atoms with Gasteiger partial charge in [0.1, 0.15) is 5.75 Å². The average Bonchev–Trinajstić information content (AvgIpc) is 2.52. The summed E-state index contributed by atoms with van der Waals surface area (Å²) in [4.78, 5) is 12.1. The van der Waals surface area contributed by atoms with Gasteiger partial charge >= 0.3 is 5.97 Å². The number of anilines is 1. The van der Waals surface area contributed by atoms with Crippen LogP contribution in [0.5, 0.6) is 5.75 Å². The van der Waals surface area contributed by atoms with E-state index in [4.69, 9.17) is 9.47 Å². The van der Waals surface area contributed by atoms with Crippen LogP contribution < -0.4 is 10.1 Å². The number of hydrogen-bond donors (Lipinski definition) is 1. The van der Waals surface area contributed by atoms with Crippen molar-refractivity contribution in [3.8, 4) is 5.75 Å². The van der Waals surface area contributed by atoms with Gasteiger partial charge < -0.3 is 14.8 Å². The lowest BCUT2D eigenvalue weighted by atomic mass is 10.1. The molecule has 2 aromatic rings. The fourth-order valence-electron chi connectivity index (χ4n) is 1.96. The van der Waals surface area contributed by atoms with Crippen molar-refractivity contribution in [2.24, 2.45) is 0 Å². The summed E-state index contributed by atoms with van der Waals surface area (Å²) in [5.41, 5.74) is 1.60. The van der Waals surface area contributed by atoms with Gasteiger partial charge in [-0.3, -0.25) is 0 Å². The van der Waals surface area contributed by atoms with E-state index >= 15 is 0 Å². The normalized spacial score (nSPS) is 11.6. The number of hydrogen-bond acceptors (Lipinski definition) is 4. The Morgan fingerprint density at radius 2 is 1.90 bits per heavy atom. The fraction of sp³-hybridized carbons (Fsp3) is 0.188. The van der Waals surface area contributed by atoms with E-state index in [1.807, 2.05) is 48.5 Å². The van der Waals surface area contributed by atoms with E-state index in [0.717, 1.165) is 21.5 Å². The molecule has 0 aliphatic rings. The lowest BCUT2D eigenvalue weighted by molar-refractivity contribution is -0.141. The predicted octanol–water partition coefficient (Wildman–Crippen LogP) is 3.78. The number of benzene rings is 2. The van der Waals surface area contributed by atoms with Gasteiger partial charge in [0.15, 0.2) is 6.04 Å². The first-order valence-corrected chi connectivity index (χ1v) is 7.17. The molecular weight excluding hydrogens is 334 g/mol. The van der Waals surface area contributed by atoms with Crippen LogP contribution in [0.15, 0.2) is 53.0 Å². The van der Waals surface area contributed by atoms with Crippen LogP contribution >= 0.6 is 15.9 Å². The third-order valence-corrected chi connectivity index (χ3v) is 3.49. The molecule has 0 bridgehead atoms. The third-order valence-electron chi connectivity index (χ3n) is 3.00. The van der Waals surface area contributed by atoms with E-state index in [-0.39, 0.29) is 5.97 Å². The van der Waals surface area contributed by atoms with Crippen LogP contribution in [0, 0.1) is 0 Å². The molecule has 4 nitrogen and oxygen atoms in total. The highest BCUT2D eigenvalue weighted by Gasteiger charge is 2.21. The van der Waals surface area contributed by atoms with Crippen LogP contribution in [0.2, 0.25) is 0 Å². The molecule has 0 aliphatic carbocycles. The summed E-state index contributed by atoms with van der Waals surface area (Å²) in [6.45, 7) is 0. The van der Waals surface area contributed by atoms with Gasteiger partial charge in [-0.15, -0.1) is 0 Å². The van der Waals surface area contributed by atoms with E-state index in [0.29, 0.717) is 0 Å². The number of esters is 1. The lowest BCUT2D eigenvalue weighted by Crippen LogP contribution is -2.22. The molecule has 0 saturated carbocycles. The number of nitrogens with one attached hydrogen (secondary N) is 1. The molecule has 1 N–H and O–H groups in total. The summed E-state index contributed by atoms with van der Waals surface area (Å²) >= 11 is 3.41. The minimum Gasteiger partial charge on any atom is -0.497 e. The Labute approximate surface area is 132 Å². The van der Waals surface area contributed by atoms with Gasteiger partial charge in [-0.2, -0.15) is 0 Å². The molecule has 0 saturated heterocycles. The summed E-state index contributed by atoms with van der Waals surface area (Å²) in [5, 5.41) is 3.17. The van der Waals surface area contributed by atoms with Crippen LogP contribution in [0.4, 0.5) is 5.69 Å². The molecule has 0 spiro atoms. The van der Waals surface area contributed by atoms with Crippen molar-refractivity contribution in [1.82, 2.24) is 0 Å². The number of carbonyl (C=O) groups is 1. The number of ether oxygens (including phenoxy) is 2. The molecule has 110 valence electrons. The molecule has 0 amide bonds. The molecule has 2 rings (SSSR count). The van der Waals surface area contributed by atoms with E-state index in [2.05, 4.69) is 21.2 Å². The average molecular weight is 350 g/mol. The van der Waals surface area contributed by atoms with Crippen molar-refractivity contribution in [1.29, 1.82) is 0 Å². The van der Waals surface area contributed by atoms with Gasteiger partial charge in [0.05, 0.1) is 14.2 Å². The first kappa shape index (κ1) is 15.4. The Kier molecular flexibility index (Phi) is 5.22. The highest BCUT2D eigenvalue weighted by Crippen LogP contribution is 2.25. The molecule has 0 aliphatic heterocycles. The van der Waals surface area contributed by atoms with E-state index in [1.54, 1.807) is 7.11 Å². The number of methoxy groups -OCH3 is 2. The Hall–Kier alpha value is -2.01. The Balaban J connectivity index is 2.30. The zero-order valence-corrected chi connectivity index (χ0v) is 13.4. The molecule has 21 heavy (non-hydrogen) atoms. The Bertz CT molecular complexity index is 630. The summed E-state index contributed by atoms with van der Waals surface area (Å²) in [6.07, 6.45) is 0. The highest BCUT2D eigenvalue weighted by atomic mass is 79.9. The van der Waals surface area contributed by atoms with Crippen LogP contribution in [0.3, 0.4) is 0 Å². The maximum atomic E-state index is 12.1. The molecule has 1 unspecified atom stereocenters. The Morgan fingerprint density at radius 3 is 2.57 bits per heavy atom. The highest BCUT2D eigenvalue weighted by molar-refractivity contribution is 9.10. The van der Waals surface area contributed by atoms with Gasteiger partial charge in [-0.05, 0) is 29.8 Å². The van der Waals surface area contributed by atoms with Crippen LogP contribution in [-0.4, -0.2) is 20.2 Å². The Morgan fingerprint density at radius 1 is 1.14 bits per heavy atom.